The lowest BCUT2D eigenvalue weighted by Gasteiger charge is -2.15. The van der Waals surface area contributed by atoms with Gasteiger partial charge in [0.15, 0.2) is 9.84 Å². The molecular weight excluding hydrogens is 300 g/mol. The zero-order valence-electron chi connectivity index (χ0n) is 13.0. The van der Waals surface area contributed by atoms with Gasteiger partial charge in [-0.15, -0.1) is 0 Å². The van der Waals surface area contributed by atoms with E-state index in [1.165, 1.54) is 11.8 Å². The van der Waals surface area contributed by atoms with Crippen molar-refractivity contribution in [2.45, 2.75) is 23.8 Å². The molecule has 5 nitrogen and oxygen atoms in total. The summed E-state index contributed by atoms with van der Waals surface area (Å²) < 4.78 is 28.8. The molecule has 0 unspecified atom stereocenters. The number of H-pyrrole nitrogens is 1. The summed E-state index contributed by atoms with van der Waals surface area (Å²) in [5.74, 6) is 0. The molecule has 120 valence electrons. The molecule has 2 heterocycles. The van der Waals surface area contributed by atoms with Crippen LogP contribution in [0.15, 0.2) is 29.3 Å². The van der Waals surface area contributed by atoms with E-state index in [1.54, 1.807) is 19.2 Å². The number of sulfone groups is 1. The minimum Gasteiger partial charge on any atom is -0.380 e. The summed E-state index contributed by atoms with van der Waals surface area (Å²) in [6.07, 6.45) is 5.57. The largest absolute Gasteiger partial charge is 0.380 e. The summed E-state index contributed by atoms with van der Waals surface area (Å²) in [4.78, 5) is 6.00. The van der Waals surface area contributed by atoms with Crippen molar-refractivity contribution in [3.63, 3.8) is 0 Å². The lowest BCUT2D eigenvalue weighted by atomic mass is 10.1. The topological polar surface area (TPSA) is 62.4 Å². The van der Waals surface area contributed by atoms with Gasteiger partial charge >= 0.3 is 0 Å². The molecule has 2 aromatic rings. The normalized spacial score (nSPS) is 20.0. The Labute approximate surface area is 131 Å². The van der Waals surface area contributed by atoms with E-state index in [1.807, 2.05) is 12.3 Å². The number of hydrogen-bond donors (Lipinski definition) is 1. The number of aromatic nitrogens is 1. The molecule has 1 aromatic carbocycles. The van der Waals surface area contributed by atoms with Crippen molar-refractivity contribution in [3.05, 3.63) is 30.0 Å². The molecule has 0 aliphatic carbocycles. The maximum atomic E-state index is 11.7. The van der Waals surface area contributed by atoms with Crippen LogP contribution in [0.25, 0.3) is 10.9 Å². The summed E-state index contributed by atoms with van der Waals surface area (Å²) in [6.45, 7) is 3.01. The highest BCUT2D eigenvalue weighted by atomic mass is 32.2. The Balaban J connectivity index is 1.76. The van der Waals surface area contributed by atoms with E-state index in [-0.39, 0.29) is 0 Å². The highest BCUT2D eigenvalue weighted by Crippen LogP contribution is 2.23. The number of aromatic amines is 1. The fourth-order valence-corrected chi connectivity index (χ4v) is 3.71. The molecule has 22 heavy (non-hydrogen) atoms. The average Bonchev–Trinajstić information content (AvgIpc) is 3.10. The average molecular weight is 322 g/mol. The van der Waals surface area contributed by atoms with Crippen LogP contribution < -0.4 is 0 Å². The minimum absolute atomic E-state index is 0.347. The number of nitrogens with zero attached hydrogens (tertiary/aromatic N) is 1. The Morgan fingerprint density at radius 2 is 2.23 bits per heavy atom. The van der Waals surface area contributed by atoms with Crippen LogP contribution in [0.1, 0.15) is 12.0 Å². The van der Waals surface area contributed by atoms with Crippen molar-refractivity contribution in [1.82, 2.24) is 9.88 Å². The quantitative estimate of drug-likeness (QED) is 0.912. The summed E-state index contributed by atoms with van der Waals surface area (Å²) in [5.41, 5.74) is 2.15. The second-order valence-electron chi connectivity index (χ2n) is 5.99. The third-order valence-electron chi connectivity index (χ3n) is 4.43. The second-order valence-corrected chi connectivity index (χ2v) is 8.01. The molecule has 1 saturated heterocycles. The van der Waals surface area contributed by atoms with E-state index < -0.39 is 9.84 Å². The Hall–Kier alpha value is -1.37. The molecule has 1 atom stereocenters. The van der Waals surface area contributed by atoms with Crippen molar-refractivity contribution in [1.29, 1.82) is 0 Å². The Bertz CT molecular complexity index is 767. The van der Waals surface area contributed by atoms with Gasteiger partial charge < -0.3 is 14.6 Å². The van der Waals surface area contributed by atoms with Gasteiger partial charge in [0.1, 0.15) is 0 Å². The number of hydrogen-bond acceptors (Lipinski definition) is 4. The second kappa shape index (κ2) is 6.02. The minimum atomic E-state index is -3.17. The van der Waals surface area contributed by atoms with E-state index in [2.05, 4.69) is 9.88 Å². The monoisotopic (exact) mass is 322 g/mol. The number of likely N-dealkylation sites (tertiary alicyclic amines) is 1. The first-order valence-electron chi connectivity index (χ1n) is 7.52. The van der Waals surface area contributed by atoms with Crippen LogP contribution >= 0.6 is 0 Å². The van der Waals surface area contributed by atoms with Crippen LogP contribution in [0.4, 0.5) is 0 Å². The van der Waals surface area contributed by atoms with E-state index in [9.17, 15) is 8.42 Å². The molecule has 0 saturated carbocycles. The van der Waals surface area contributed by atoms with Gasteiger partial charge in [0.05, 0.1) is 11.0 Å². The third-order valence-corrected chi connectivity index (χ3v) is 5.54. The number of benzene rings is 1. The molecule has 1 N–H and O–H groups in total. The van der Waals surface area contributed by atoms with Gasteiger partial charge in [0.2, 0.25) is 0 Å². The number of ether oxygens (including phenoxy) is 1. The third kappa shape index (κ3) is 3.19. The molecule has 1 aromatic heterocycles. The van der Waals surface area contributed by atoms with Crippen LogP contribution in [0.2, 0.25) is 0 Å². The van der Waals surface area contributed by atoms with Crippen molar-refractivity contribution in [2.24, 2.45) is 0 Å². The van der Waals surface area contributed by atoms with Crippen molar-refractivity contribution in [3.8, 4) is 0 Å². The zero-order valence-corrected chi connectivity index (χ0v) is 13.8. The van der Waals surface area contributed by atoms with E-state index in [4.69, 9.17) is 4.74 Å². The number of rotatable bonds is 5. The van der Waals surface area contributed by atoms with Crippen LogP contribution in [0.3, 0.4) is 0 Å². The maximum absolute atomic E-state index is 11.7. The molecule has 3 rings (SSSR count). The van der Waals surface area contributed by atoms with Crippen molar-refractivity contribution >= 4 is 20.7 Å². The lowest BCUT2D eigenvalue weighted by Crippen LogP contribution is -2.25. The Morgan fingerprint density at radius 1 is 1.41 bits per heavy atom. The van der Waals surface area contributed by atoms with Gasteiger partial charge in [0.25, 0.3) is 0 Å². The van der Waals surface area contributed by atoms with Gasteiger partial charge in [-0.3, -0.25) is 0 Å². The molecule has 6 heteroatoms. The lowest BCUT2D eigenvalue weighted by molar-refractivity contribution is 0.108. The maximum Gasteiger partial charge on any atom is 0.175 e. The highest BCUT2D eigenvalue weighted by molar-refractivity contribution is 7.90. The van der Waals surface area contributed by atoms with Crippen LogP contribution in [-0.4, -0.2) is 57.4 Å². The first-order chi connectivity index (χ1) is 10.5. The molecule has 1 fully saturated rings. The Kier molecular flexibility index (Phi) is 4.25. The molecular formula is C16H22N2O3S. The van der Waals surface area contributed by atoms with E-state index >= 15 is 0 Å². The number of fused-ring (bicyclic) bond motifs is 1. The number of nitrogens with one attached hydrogen (secondary N) is 1. The molecule has 0 bridgehead atoms. The predicted molar refractivity (Wildman–Crippen MR) is 87.0 cm³/mol. The van der Waals surface area contributed by atoms with Crippen LogP contribution in [0, 0.1) is 0 Å². The summed E-state index contributed by atoms with van der Waals surface area (Å²) >= 11 is 0. The standard InChI is InChI=1S/C16H22N2O3S/c1-21-13-6-8-18(11-13)7-5-12-10-17-16-4-3-14(9-15(12)16)22(2,19)20/h3-4,9-10,13,17H,5-8,11H2,1-2H3/t13-/m0/s1. The van der Waals surface area contributed by atoms with Gasteiger partial charge in [-0.2, -0.15) is 0 Å². The smallest absolute Gasteiger partial charge is 0.175 e. The van der Waals surface area contributed by atoms with E-state index in [0.717, 1.165) is 43.4 Å². The summed E-state index contributed by atoms with van der Waals surface area (Å²) in [5, 5.41) is 1.01. The molecule has 1 aliphatic heterocycles. The predicted octanol–water partition coefficient (Wildman–Crippen LogP) is 1.83. The molecule has 0 amide bonds. The first kappa shape index (κ1) is 15.5. The zero-order chi connectivity index (χ0) is 15.7. The fraction of sp³-hybridized carbons (Fsp3) is 0.500. The SMILES string of the molecule is CO[C@H]1CCN(CCc2c[nH]c3ccc(S(C)(=O)=O)cc23)C1. The van der Waals surface area contributed by atoms with Gasteiger partial charge in [-0.05, 0) is 36.6 Å². The number of methoxy groups -OCH3 is 1. The molecule has 0 radical (unpaired) electrons. The van der Waals surface area contributed by atoms with Crippen LogP contribution in [-0.2, 0) is 21.0 Å². The first-order valence-corrected chi connectivity index (χ1v) is 9.42. The van der Waals surface area contributed by atoms with Gasteiger partial charge in [0, 0.05) is 50.1 Å². The molecule has 1 aliphatic rings. The van der Waals surface area contributed by atoms with Crippen molar-refractivity contribution < 1.29 is 13.2 Å². The summed E-state index contributed by atoms with van der Waals surface area (Å²) in [6, 6.07) is 5.27. The van der Waals surface area contributed by atoms with Crippen LogP contribution in [0.5, 0.6) is 0 Å². The Morgan fingerprint density at radius 3 is 2.91 bits per heavy atom. The van der Waals surface area contributed by atoms with Crippen molar-refractivity contribution in [2.75, 3.05) is 33.0 Å². The van der Waals surface area contributed by atoms with E-state index in [0.29, 0.717) is 11.0 Å². The summed E-state index contributed by atoms with van der Waals surface area (Å²) in [7, 11) is -1.41. The highest BCUT2D eigenvalue weighted by Gasteiger charge is 2.21. The van der Waals surface area contributed by atoms with Gasteiger partial charge in [-0.1, -0.05) is 0 Å². The fourth-order valence-electron chi connectivity index (χ4n) is 3.07. The van der Waals surface area contributed by atoms with Gasteiger partial charge in [-0.25, -0.2) is 8.42 Å². The molecule has 0 spiro atoms.